The number of rotatable bonds is 4. The molecule has 4 rings (SSSR count). The van der Waals surface area contributed by atoms with Gasteiger partial charge >= 0.3 is 0 Å². The van der Waals surface area contributed by atoms with Gasteiger partial charge in [0.05, 0.1) is 33.6 Å². The van der Waals surface area contributed by atoms with Gasteiger partial charge < -0.3 is 0 Å². The Bertz CT molecular complexity index is 1330. The first-order chi connectivity index (χ1) is 13.4. The van der Waals surface area contributed by atoms with E-state index < -0.39 is 9.84 Å². The fraction of sp³-hybridized carbons (Fsp3) is 0.0952. The van der Waals surface area contributed by atoms with Crippen molar-refractivity contribution >= 4 is 20.6 Å². The number of fused-ring (bicyclic) bond motifs is 1. The fourth-order valence-electron chi connectivity index (χ4n) is 3.02. The van der Waals surface area contributed by atoms with Gasteiger partial charge in [0.15, 0.2) is 0 Å². The van der Waals surface area contributed by atoms with Gasteiger partial charge in [0.2, 0.25) is 9.84 Å². The number of nitrogens with zero attached hydrogens (tertiary/aromatic N) is 3. The molecule has 0 saturated carbocycles. The molecule has 0 aliphatic carbocycles. The molecule has 0 amide bonds. The molecule has 0 aliphatic heterocycles. The first-order valence-electron chi connectivity index (χ1n) is 8.68. The minimum absolute atomic E-state index is 0.130. The van der Waals surface area contributed by atoms with Crippen molar-refractivity contribution in [2.24, 2.45) is 0 Å². The molecule has 6 nitrogen and oxygen atoms in total. The number of hydrogen-bond acceptors (Lipinski definition) is 5. The topological polar surface area (TPSA) is 81.9 Å². The molecule has 0 aliphatic rings. The van der Waals surface area contributed by atoms with Crippen molar-refractivity contribution < 1.29 is 8.42 Å². The van der Waals surface area contributed by atoms with Crippen LogP contribution in [0.15, 0.2) is 87.5 Å². The summed E-state index contributed by atoms with van der Waals surface area (Å²) in [6, 6.07) is 18.3. The van der Waals surface area contributed by atoms with E-state index in [1.807, 2.05) is 25.1 Å². The summed E-state index contributed by atoms with van der Waals surface area (Å²) in [6.45, 7) is 2.13. The Labute approximate surface area is 162 Å². The third-order valence-corrected chi connectivity index (χ3v) is 6.21. The molecule has 2 aromatic heterocycles. The van der Waals surface area contributed by atoms with E-state index in [2.05, 4.69) is 10.1 Å². The first-order valence-corrected chi connectivity index (χ1v) is 10.2. The van der Waals surface area contributed by atoms with Crippen LogP contribution in [0.2, 0.25) is 0 Å². The van der Waals surface area contributed by atoms with Crippen LogP contribution >= 0.6 is 0 Å². The van der Waals surface area contributed by atoms with Gasteiger partial charge in [-0.2, -0.15) is 5.10 Å². The van der Waals surface area contributed by atoms with Crippen molar-refractivity contribution in [1.29, 1.82) is 0 Å². The van der Waals surface area contributed by atoms with Crippen LogP contribution in [-0.2, 0) is 16.4 Å². The summed E-state index contributed by atoms with van der Waals surface area (Å²) >= 11 is 0. The van der Waals surface area contributed by atoms with Gasteiger partial charge in [0, 0.05) is 11.1 Å². The highest BCUT2D eigenvalue weighted by Gasteiger charge is 2.18. The minimum atomic E-state index is -3.65. The van der Waals surface area contributed by atoms with Crippen LogP contribution in [0.25, 0.3) is 10.8 Å². The highest BCUT2D eigenvalue weighted by molar-refractivity contribution is 7.91. The van der Waals surface area contributed by atoms with Crippen LogP contribution in [0.3, 0.4) is 0 Å². The van der Waals surface area contributed by atoms with Gasteiger partial charge in [-0.3, -0.25) is 9.78 Å². The Hall–Kier alpha value is -3.32. The van der Waals surface area contributed by atoms with Crippen LogP contribution in [0, 0.1) is 6.92 Å². The molecule has 0 atom stereocenters. The molecule has 2 aromatic carbocycles. The van der Waals surface area contributed by atoms with E-state index >= 15 is 0 Å². The summed E-state index contributed by atoms with van der Waals surface area (Å²) in [5, 5.41) is 5.09. The average Bonchev–Trinajstić information content (AvgIpc) is 2.70. The van der Waals surface area contributed by atoms with Crippen molar-refractivity contribution in [3.63, 3.8) is 0 Å². The van der Waals surface area contributed by atoms with Crippen LogP contribution < -0.4 is 5.56 Å². The molecule has 0 fully saturated rings. The third kappa shape index (κ3) is 3.32. The molecule has 2 heterocycles. The summed E-state index contributed by atoms with van der Waals surface area (Å²) in [7, 11) is -3.65. The number of aromatic nitrogens is 3. The van der Waals surface area contributed by atoms with E-state index in [9.17, 15) is 13.2 Å². The molecule has 0 spiro atoms. The van der Waals surface area contributed by atoms with E-state index in [0.29, 0.717) is 10.8 Å². The molecule has 0 radical (unpaired) electrons. The summed E-state index contributed by atoms with van der Waals surface area (Å²) in [5.74, 6) is 0. The highest BCUT2D eigenvalue weighted by Crippen LogP contribution is 2.23. The van der Waals surface area contributed by atoms with E-state index in [1.54, 1.807) is 30.3 Å². The second-order valence-electron chi connectivity index (χ2n) is 6.44. The Morgan fingerprint density at radius 1 is 0.929 bits per heavy atom. The SMILES string of the molecule is Cc1cccc(Cn2ncc3cc(S(=O)(=O)c4ccccc4)ccc3c2=O)n1. The number of pyridine rings is 1. The molecule has 28 heavy (non-hydrogen) atoms. The number of sulfone groups is 1. The predicted octanol–water partition coefficient (Wildman–Crippen LogP) is 2.98. The maximum Gasteiger partial charge on any atom is 0.274 e. The van der Waals surface area contributed by atoms with Crippen molar-refractivity contribution in [1.82, 2.24) is 14.8 Å². The van der Waals surface area contributed by atoms with E-state index in [1.165, 1.54) is 29.1 Å². The van der Waals surface area contributed by atoms with Gasteiger partial charge in [-0.25, -0.2) is 13.1 Å². The van der Waals surface area contributed by atoms with Gasteiger partial charge in [-0.05, 0) is 49.4 Å². The first kappa shape index (κ1) is 18.1. The smallest absolute Gasteiger partial charge is 0.267 e. The molecular formula is C21H17N3O3S. The lowest BCUT2D eigenvalue weighted by molar-refractivity contribution is 0.596. The number of aryl methyl sites for hydroxylation is 1. The van der Waals surface area contributed by atoms with Crippen LogP contribution in [0.5, 0.6) is 0 Å². The van der Waals surface area contributed by atoms with Crippen molar-refractivity contribution in [3.05, 3.63) is 94.7 Å². The lowest BCUT2D eigenvalue weighted by Crippen LogP contribution is -2.23. The largest absolute Gasteiger partial charge is 0.274 e. The number of hydrogen-bond donors (Lipinski definition) is 0. The quantitative estimate of drug-likeness (QED) is 0.534. The van der Waals surface area contributed by atoms with Crippen LogP contribution in [0.1, 0.15) is 11.4 Å². The summed E-state index contributed by atoms with van der Waals surface area (Å²) in [6.07, 6.45) is 1.51. The van der Waals surface area contributed by atoms with E-state index in [0.717, 1.165) is 11.4 Å². The Balaban J connectivity index is 1.75. The third-order valence-electron chi connectivity index (χ3n) is 4.45. The van der Waals surface area contributed by atoms with Crippen molar-refractivity contribution in [2.75, 3.05) is 0 Å². The Kier molecular flexibility index (Phi) is 4.52. The van der Waals surface area contributed by atoms with Gasteiger partial charge in [-0.1, -0.05) is 24.3 Å². The zero-order valence-corrected chi connectivity index (χ0v) is 15.9. The normalized spacial score (nSPS) is 11.6. The zero-order chi connectivity index (χ0) is 19.7. The summed E-state index contributed by atoms with van der Waals surface area (Å²) in [5.41, 5.74) is 1.31. The molecule has 4 aromatic rings. The van der Waals surface area contributed by atoms with Gasteiger partial charge in [0.1, 0.15) is 0 Å². The van der Waals surface area contributed by atoms with Crippen molar-refractivity contribution in [3.8, 4) is 0 Å². The summed E-state index contributed by atoms with van der Waals surface area (Å²) in [4.78, 5) is 17.5. The molecule has 140 valence electrons. The molecule has 0 unspecified atom stereocenters. The van der Waals surface area contributed by atoms with Crippen LogP contribution in [-0.4, -0.2) is 23.2 Å². The Morgan fingerprint density at radius 3 is 2.46 bits per heavy atom. The average molecular weight is 391 g/mol. The molecule has 0 saturated heterocycles. The maximum absolute atomic E-state index is 12.8. The Morgan fingerprint density at radius 2 is 1.71 bits per heavy atom. The minimum Gasteiger partial charge on any atom is -0.267 e. The molecule has 0 N–H and O–H groups in total. The monoisotopic (exact) mass is 391 g/mol. The second-order valence-corrected chi connectivity index (χ2v) is 8.39. The van der Waals surface area contributed by atoms with Gasteiger partial charge in [0.25, 0.3) is 5.56 Å². The van der Waals surface area contributed by atoms with Crippen molar-refractivity contribution in [2.45, 2.75) is 23.3 Å². The predicted molar refractivity (Wildman–Crippen MR) is 106 cm³/mol. The fourth-order valence-corrected chi connectivity index (χ4v) is 4.34. The van der Waals surface area contributed by atoms with E-state index in [-0.39, 0.29) is 21.9 Å². The standard InChI is InChI=1S/C21H17N3O3S/c1-15-6-5-7-17(23-15)14-24-21(25)20-11-10-19(12-16(20)13-22-24)28(26,27)18-8-3-2-4-9-18/h2-13H,14H2,1H3. The molecule has 7 heteroatoms. The highest BCUT2D eigenvalue weighted by atomic mass is 32.2. The molecular weight excluding hydrogens is 374 g/mol. The van der Waals surface area contributed by atoms with E-state index in [4.69, 9.17) is 0 Å². The number of benzene rings is 2. The zero-order valence-electron chi connectivity index (χ0n) is 15.1. The second kappa shape index (κ2) is 7.01. The lowest BCUT2D eigenvalue weighted by atomic mass is 10.2. The van der Waals surface area contributed by atoms with Crippen LogP contribution in [0.4, 0.5) is 0 Å². The summed E-state index contributed by atoms with van der Waals surface area (Å²) < 4.78 is 26.9. The molecule has 0 bridgehead atoms. The van der Waals surface area contributed by atoms with Gasteiger partial charge in [-0.15, -0.1) is 0 Å². The maximum atomic E-state index is 12.8. The lowest BCUT2D eigenvalue weighted by Gasteiger charge is -2.08.